The minimum absolute atomic E-state index is 0.0635. The van der Waals surface area contributed by atoms with Crippen molar-refractivity contribution in [2.24, 2.45) is 5.73 Å². The molecule has 0 aliphatic rings. The summed E-state index contributed by atoms with van der Waals surface area (Å²) in [6.07, 6.45) is 0.0778. The van der Waals surface area contributed by atoms with Gasteiger partial charge in [-0.15, -0.1) is 0 Å². The number of hydrogen-bond donors (Lipinski definition) is 2. The molecule has 0 atom stereocenters. The Kier molecular flexibility index (Phi) is 7.98. The molecule has 3 N–H and O–H groups in total. The summed E-state index contributed by atoms with van der Waals surface area (Å²) in [5, 5.41) is 2.69. The molecule has 0 saturated heterocycles. The van der Waals surface area contributed by atoms with Crippen LogP contribution >= 0.6 is 0 Å². The molecule has 0 spiro atoms. The highest BCUT2D eigenvalue weighted by atomic mass is 32.2. The molecule has 0 bridgehead atoms. The van der Waals surface area contributed by atoms with Crippen molar-refractivity contribution in [2.45, 2.75) is 18.2 Å². The molecular weight excluding hydrogens is 470 g/mol. The second-order valence-electron chi connectivity index (χ2n) is 7.76. The third-order valence-electron chi connectivity index (χ3n) is 5.13. The van der Waals surface area contributed by atoms with Gasteiger partial charge in [0, 0.05) is 11.8 Å². The van der Waals surface area contributed by atoms with Gasteiger partial charge in [-0.3, -0.25) is 13.9 Å². The lowest BCUT2D eigenvalue weighted by Crippen LogP contribution is -2.38. The monoisotopic (exact) mass is 497 g/mol. The standard InChI is InChI=1S/C25H27N3O6S/c1-17-7-12-22(34-3)23(13-17)35(31,32)28(20-5-4-6-21(15-20)33-2)16-25(30)27-19-10-8-18(9-11-19)14-24(26)29/h4-13,15H,14,16H2,1-3H3,(H2,26,29)(H,27,30). The van der Waals surface area contributed by atoms with Crippen LogP contribution in [0.5, 0.6) is 11.5 Å². The van der Waals surface area contributed by atoms with Gasteiger partial charge in [0.15, 0.2) is 0 Å². The molecular formula is C25H27N3O6S. The van der Waals surface area contributed by atoms with Crippen molar-refractivity contribution in [3.05, 3.63) is 77.9 Å². The Morgan fingerprint density at radius 3 is 2.31 bits per heavy atom. The topological polar surface area (TPSA) is 128 Å². The lowest BCUT2D eigenvalue weighted by atomic mass is 10.1. The van der Waals surface area contributed by atoms with E-state index < -0.39 is 28.4 Å². The molecule has 9 nitrogen and oxygen atoms in total. The number of carbonyl (C=O) groups excluding carboxylic acids is 2. The Balaban J connectivity index is 1.96. The van der Waals surface area contributed by atoms with E-state index in [0.717, 1.165) is 9.87 Å². The first-order chi connectivity index (χ1) is 16.6. The van der Waals surface area contributed by atoms with E-state index in [9.17, 15) is 18.0 Å². The van der Waals surface area contributed by atoms with Gasteiger partial charge in [0.1, 0.15) is 22.9 Å². The molecule has 0 aliphatic heterocycles. The van der Waals surface area contributed by atoms with E-state index >= 15 is 0 Å². The maximum absolute atomic E-state index is 13.8. The summed E-state index contributed by atoms with van der Waals surface area (Å²) in [7, 11) is -1.36. The molecule has 0 saturated carbocycles. The van der Waals surface area contributed by atoms with Gasteiger partial charge in [0.25, 0.3) is 10.0 Å². The number of rotatable bonds is 10. The van der Waals surface area contributed by atoms with E-state index in [1.807, 2.05) is 0 Å². The van der Waals surface area contributed by atoms with Crippen LogP contribution in [0.3, 0.4) is 0 Å². The fourth-order valence-electron chi connectivity index (χ4n) is 3.42. The van der Waals surface area contributed by atoms with E-state index in [0.29, 0.717) is 17.0 Å². The van der Waals surface area contributed by atoms with Crippen molar-refractivity contribution < 1.29 is 27.5 Å². The number of aryl methyl sites for hydroxylation is 1. The van der Waals surface area contributed by atoms with Crippen LogP contribution in [-0.4, -0.2) is 41.0 Å². The largest absolute Gasteiger partial charge is 0.497 e. The quantitative estimate of drug-likeness (QED) is 0.443. The van der Waals surface area contributed by atoms with Crippen molar-refractivity contribution >= 4 is 33.2 Å². The van der Waals surface area contributed by atoms with E-state index in [1.54, 1.807) is 61.5 Å². The van der Waals surface area contributed by atoms with Crippen LogP contribution in [0.2, 0.25) is 0 Å². The number of sulfonamides is 1. The highest BCUT2D eigenvalue weighted by molar-refractivity contribution is 7.93. The fourth-order valence-corrected chi connectivity index (χ4v) is 5.08. The minimum Gasteiger partial charge on any atom is -0.497 e. The van der Waals surface area contributed by atoms with Gasteiger partial charge < -0.3 is 20.5 Å². The molecule has 184 valence electrons. The van der Waals surface area contributed by atoms with Crippen LogP contribution in [0.4, 0.5) is 11.4 Å². The number of amides is 2. The normalized spacial score (nSPS) is 10.9. The number of nitrogens with two attached hydrogens (primary N) is 1. The van der Waals surface area contributed by atoms with Gasteiger partial charge in [-0.2, -0.15) is 0 Å². The summed E-state index contributed by atoms with van der Waals surface area (Å²) in [5.41, 5.74) is 7.31. The van der Waals surface area contributed by atoms with Crippen molar-refractivity contribution in [1.82, 2.24) is 0 Å². The van der Waals surface area contributed by atoms with Gasteiger partial charge in [-0.25, -0.2) is 8.42 Å². The third-order valence-corrected chi connectivity index (χ3v) is 6.93. The highest BCUT2D eigenvalue weighted by Crippen LogP contribution is 2.32. The van der Waals surface area contributed by atoms with Crippen LogP contribution in [0.25, 0.3) is 0 Å². The zero-order valence-electron chi connectivity index (χ0n) is 19.6. The summed E-state index contributed by atoms with van der Waals surface area (Å²) >= 11 is 0. The number of hydrogen-bond acceptors (Lipinski definition) is 6. The van der Waals surface area contributed by atoms with E-state index in [4.69, 9.17) is 15.2 Å². The Morgan fingerprint density at radius 2 is 1.69 bits per heavy atom. The smallest absolute Gasteiger partial charge is 0.268 e. The Bertz CT molecular complexity index is 1320. The Labute approximate surface area is 204 Å². The molecule has 0 fully saturated rings. The summed E-state index contributed by atoms with van der Waals surface area (Å²) in [5.74, 6) is -0.434. The maximum Gasteiger partial charge on any atom is 0.268 e. The third kappa shape index (κ3) is 6.30. The van der Waals surface area contributed by atoms with Crippen LogP contribution in [0.1, 0.15) is 11.1 Å². The molecule has 3 aromatic carbocycles. The molecule has 3 rings (SSSR count). The number of nitrogens with zero attached hydrogens (tertiary/aromatic N) is 1. The summed E-state index contributed by atoms with van der Waals surface area (Å²) in [4.78, 5) is 24.0. The second kappa shape index (κ2) is 10.9. The van der Waals surface area contributed by atoms with Crippen molar-refractivity contribution in [3.8, 4) is 11.5 Å². The Morgan fingerprint density at radius 1 is 0.971 bits per heavy atom. The molecule has 2 amide bonds. The van der Waals surface area contributed by atoms with Crippen LogP contribution < -0.4 is 24.8 Å². The molecule has 3 aromatic rings. The van der Waals surface area contributed by atoms with Crippen LogP contribution in [0.15, 0.2) is 71.6 Å². The molecule has 0 heterocycles. The van der Waals surface area contributed by atoms with Crippen molar-refractivity contribution in [3.63, 3.8) is 0 Å². The number of methoxy groups -OCH3 is 2. The average Bonchev–Trinajstić information content (AvgIpc) is 2.83. The van der Waals surface area contributed by atoms with Gasteiger partial charge in [0.2, 0.25) is 11.8 Å². The molecule has 10 heteroatoms. The van der Waals surface area contributed by atoms with Gasteiger partial charge in [0.05, 0.1) is 26.3 Å². The second-order valence-corrected chi connectivity index (χ2v) is 9.59. The number of nitrogens with one attached hydrogen (secondary N) is 1. The summed E-state index contributed by atoms with van der Waals surface area (Å²) in [6, 6.07) is 17.8. The predicted molar refractivity (Wildman–Crippen MR) is 133 cm³/mol. The first kappa shape index (κ1) is 25.6. The first-order valence-corrected chi connectivity index (χ1v) is 12.1. The minimum atomic E-state index is -4.21. The average molecular weight is 498 g/mol. The lowest BCUT2D eigenvalue weighted by Gasteiger charge is -2.25. The number of carbonyl (C=O) groups is 2. The summed E-state index contributed by atoms with van der Waals surface area (Å²) in [6.45, 7) is 1.26. The number of anilines is 2. The van der Waals surface area contributed by atoms with Crippen molar-refractivity contribution in [1.29, 1.82) is 0 Å². The molecule has 0 unspecified atom stereocenters. The molecule has 0 aliphatic carbocycles. The van der Waals surface area contributed by atoms with Crippen molar-refractivity contribution in [2.75, 3.05) is 30.4 Å². The lowest BCUT2D eigenvalue weighted by molar-refractivity contribution is -0.117. The van der Waals surface area contributed by atoms with Crippen LogP contribution in [-0.2, 0) is 26.0 Å². The number of primary amides is 1. The Hall–Kier alpha value is -4.05. The van der Waals surface area contributed by atoms with Crippen LogP contribution in [0, 0.1) is 6.92 Å². The van der Waals surface area contributed by atoms with E-state index in [-0.39, 0.29) is 22.8 Å². The fraction of sp³-hybridized carbons (Fsp3) is 0.200. The van der Waals surface area contributed by atoms with E-state index in [1.165, 1.54) is 26.4 Å². The van der Waals surface area contributed by atoms with Gasteiger partial charge in [-0.1, -0.05) is 24.3 Å². The van der Waals surface area contributed by atoms with E-state index in [2.05, 4.69) is 5.32 Å². The maximum atomic E-state index is 13.8. The van der Waals surface area contributed by atoms with Gasteiger partial charge >= 0.3 is 0 Å². The SMILES string of the molecule is COc1cccc(N(CC(=O)Nc2ccc(CC(N)=O)cc2)S(=O)(=O)c2cc(C)ccc2OC)c1. The summed E-state index contributed by atoms with van der Waals surface area (Å²) < 4.78 is 39.1. The number of benzene rings is 3. The predicted octanol–water partition coefficient (Wildman–Crippen LogP) is 2.87. The highest BCUT2D eigenvalue weighted by Gasteiger charge is 2.30. The zero-order chi connectivity index (χ0) is 25.6. The molecule has 35 heavy (non-hydrogen) atoms. The molecule has 0 aromatic heterocycles. The first-order valence-electron chi connectivity index (χ1n) is 10.6. The van der Waals surface area contributed by atoms with Gasteiger partial charge in [-0.05, 0) is 54.4 Å². The number of ether oxygens (including phenoxy) is 2. The molecule has 0 radical (unpaired) electrons. The zero-order valence-corrected chi connectivity index (χ0v) is 20.5.